The van der Waals surface area contributed by atoms with E-state index in [-0.39, 0.29) is 6.04 Å². The van der Waals surface area contributed by atoms with Crippen molar-refractivity contribution in [1.82, 2.24) is 15.3 Å². The largest absolute Gasteiger partial charge is 0.311 e. The molecule has 0 radical (unpaired) electrons. The van der Waals surface area contributed by atoms with Crippen molar-refractivity contribution in [3.8, 4) is 0 Å². The number of para-hydroxylation sites is 2. The van der Waals surface area contributed by atoms with Gasteiger partial charge in [-0.25, -0.2) is 4.98 Å². The average molecular weight is 277 g/mol. The molecule has 1 heterocycles. The van der Waals surface area contributed by atoms with E-state index in [0.29, 0.717) is 0 Å². The standard InChI is InChI=1S/C18H19N3/c1-13-6-5-7-14(10-13)11-17(19-2)18-12-20-15-8-3-4-9-16(15)21-18/h3-10,12,17,19H,11H2,1-2H3. The molecule has 0 saturated heterocycles. The Kier molecular flexibility index (Phi) is 3.93. The fraction of sp³-hybridized carbons (Fsp3) is 0.222. The zero-order chi connectivity index (χ0) is 14.7. The first-order valence-corrected chi connectivity index (χ1v) is 7.21. The Morgan fingerprint density at radius 3 is 2.62 bits per heavy atom. The van der Waals surface area contributed by atoms with Gasteiger partial charge in [-0.3, -0.25) is 4.98 Å². The van der Waals surface area contributed by atoms with Gasteiger partial charge in [0.05, 0.1) is 29.0 Å². The van der Waals surface area contributed by atoms with Crippen LogP contribution in [0.4, 0.5) is 0 Å². The van der Waals surface area contributed by atoms with E-state index >= 15 is 0 Å². The number of hydrogen-bond donors (Lipinski definition) is 1. The van der Waals surface area contributed by atoms with Crippen molar-refractivity contribution in [3.05, 3.63) is 71.5 Å². The number of nitrogens with one attached hydrogen (secondary N) is 1. The molecule has 0 aliphatic heterocycles. The summed E-state index contributed by atoms with van der Waals surface area (Å²) in [6.07, 6.45) is 2.78. The molecule has 3 heteroatoms. The molecule has 1 aromatic heterocycles. The molecule has 0 aliphatic carbocycles. The van der Waals surface area contributed by atoms with Crippen LogP contribution in [0, 0.1) is 6.92 Å². The molecule has 1 atom stereocenters. The quantitative estimate of drug-likeness (QED) is 0.794. The molecule has 0 fully saturated rings. The van der Waals surface area contributed by atoms with Gasteiger partial charge < -0.3 is 5.32 Å². The Morgan fingerprint density at radius 2 is 1.86 bits per heavy atom. The van der Waals surface area contributed by atoms with E-state index in [1.807, 2.05) is 37.5 Å². The molecule has 2 aromatic carbocycles. The summed E-state index contributed by atoms with van der Waals surface area (Å²) in [4.78, 5) is 9.25. The molecule has 0 spiro atoms. The Labute approximate surface area is 125 Å². The van der Waals surface area contributed by atoms with E-state index in [9.17, 15) is 0 Å². The monoisotopic (exact) mass is 277 g/mol. The molecule has 0 bridgehead atoms. The van der Waals surface area contributed by atoms with Crippen molar-refractivity contribution >= 4 is 11.0 Å². The first kappa shape index (κ1) is 13.7. The highest BCUT2D eigenvalue weighted by Gasteiger charge is 2.13. The van der Waals surface area contributed by atoms with Gasteiger partial charge >= 0.3 is 0 Å². The van der Waals surface area contributed by atoms with Gasteiger partial charge in [-0.15, -0.1) is 0 Å². The van der Waals surface area contributed by atoms with Gasteiger partial charge in [-0.2, -0.15) is 0 Å². The first-order chi connectivity index (χ1) is 10.3. The van der Waals surface area contributed by atoms with Crippen molar-refractivity contribution in [1.29, 1.82) is 0 Å². The van der Waals surface area contributed by atoms with Crippen LogP contribution in [0.25, 0.3) is 11.0 Å². The van der Waals surface area contributed by atoms with E-state index in [4.69, 9.17) is 4.98 Å². The SMILES string of the molecule is CNC(Cc1cccc(C)c1)c1cnc2ccccc2n1. The predicted molar refractivity (Wildman–Crippen MR) is 86.2 cm³/mol. The number of fused-ring (bicyclic) bond motifs is 1. The predicted octanol–water partition coefficient (Wildman–Crippen LogP) is 3.44. The molecule has 0 aliphatic rings. The van der Waals surface area contributed by atoms with E-state index in [0.717, 1.165) is 23.1 Å². The van der Waals surface area contributed by atoms with E-state index in [1.165, 1.54) is 11.1 Å². The summed E-state index contributed by atoms with van der Waals surface area (Å²) in [7, 11) is 1.97. The minimum absolute atomic E-state index is 0.170. The molecule has 1 unspecified atom stereocenters. The number of benzene rings is 2. The second-order valence-corrected chi connectivity index (χ2v) is 5.32. The van der Waals surface area contributed by atoms with E-state index in [2.05, 4.69) is 41.5 Å². The molecule has 21 heavy (non-hydrogen) atoms. The summed E-state index contributed by atoms with van der Waals surface area (Å²) in [6.45, 7) is 2.12. The Balaban J connectivity index is 1.90. The van der Waals surface area contributed by atoms with Crippen LogP contribution in [0.1, 0.15) is 22.9 Å². The van der Waals surface area contributed by atoms with Crippen LogP contribution in [0.15, 0.2) is 54.7 Å². The molecule has 1 N–H and O–H groups in total. The van der Waals surface area contributed by atoms with Crippen molar-refractivity contribution in [2.24, 2.45) is 0 Å². The van der Waals surface area contributed by atoms with Crippen LogP contribution in [0.2, 0.25) is 0 Å². The van der Waals surface area contributed by atoms with Crippen molar-refractivity contribution < 1.29 is 0 Å². The molecule has 3 rings (SSSR count). The summed E-state index contributed by atoms with van der Waals surface area (Å²) >= 11 is 0. The molecule has 3 aromatic rings. The minimum atomic E-state index is 0.170. The molecule has 0 amide bonds. The molecular weight excluding hydrogens is 258 g/mol. The van der Waals surface area contributed by atoms with Gasteiger partial charge in [-0.05, 0) is 38.1 Å². The second kappa shape index (κ2) is 6.02. The first-order valence-electron chi connectivity index (χ1n) is 7.21. The van der Waals surface area contributed by atoms with Crippen LogP contribution in [-0.4, -0.2) is 17.0 Å². The van der Waals surface area contributed by atoms with Crippen molar-refractivity contribution in [2.45, 2.75) is 19.4 Å². The van der Waals surface area contributed by atoms with Gasteiger partial charge in [0.1, 0.15) is 0 Å². The maximum atomic E-state index is 4.74. The Hall–Kier alpha value is -2.26. The zero-order valence-corrected chi connectivity index (χ0v) is 12.4. The number of nitrogens with zero attached hydrogens (tertiary/aromatic N) is 2. The molecule has 0 saturated carbocycles. The van der Waals surface area contributed by atoms with Crippen molar-refractivity contribution in [2.75, 3.05) is 7.05 Å². The highest BCUT2D eigenvalue weighted by molar-refractivity contribution is 5.73. The lowest BCUT2D eigenvalue weighted by Crippen LogP contribution is -2.20. The van der Waals surface area contributed by atoms with Crippen LogP contribution >= 0.6 is 0 Å². The molecule has 106 valence electrons. The van der Waals surface area contributed by atoms with Gasteiger partial charge in [0.2, 0.25) is 0 Å². The number of rotatable bonds is 4. The third-order valence-electron chi connectivity index (χ3n) is 3.69. The Bertz CT molecular complexity index is 752. The van der Waals surface area contributed by atoms with Gasteiger partial charge in [0.25, 0.3) is 0 Å². The van der Waals surface area contributed by atoms with Crippen LogP contribution in [0.3, 0.4) is 0 Å². The fourth-order valence-corrected chi connectivity index (χ4v) is 2.57. The highest BCUT2D eigenvalue weighted by Crippen LogP contribution is 2.19. The van der Waals surface area contributed by atoms with Crippen molar-refractivity contribution in [3.63, 3.8) is 0 Å². The lowest BCUT2D eigenvalue weighted by atomic mass is 10.0. The summed E-state index contributed by atoms with van der Waals surface area (Å²) in [5.41, 5.74) is 5.46. The lowest BCUT2D eigenvalue weighted by Gasteiger charge is -2.16. The Morgan fingerprint density at radius 1 is 1.05 bits per heavy atom. The van der Waals surface area contributed by atoms with Crippen LogP contribution in [0.5, 0.6) is 0 Å². The normalized spacial score (nSPS) is 12.5. The van der Waals surface area contributed by atoms with Crippen LogP contribution < -0.4 is 5.32 Å². The van der Waals surface area contributed by atoms with Crippen LogP contribution in [-0.2, 0) is 6.42 Å². The molecule has 3 nitrogen and oxygen atoms in total. The summed E-state index contributed by atoms with van der Waals surface area (Å²) in [5.74, 6) is 0. The van der Waals surface area contributed by atoms with E-state index < -0.39 is 0 Å². The maximum Gasteiger partial charge on any atom is 0.0890 e. The number of aryl methyl sites for hydroxylation is 1. The third-order valence-corrected chi connectivity index (χ3v) is 3.69. The smallest absolute Gasteiger partial charge is 0.0890 e. The fourth-order valence-electron chi connectivity index (χ4n) is 2.57. The summed E-state index contributed by atoms with van der Waals surface area (Å²) in [6, 6.07) is 16.7. The summed E-state index contributed by atoms with van der Waals surface area (Å²) in [5, 5.41) is 3.35. The zero-order valence-electron chi connectivity index (χ0n) is 12.4. The minimum Gasteiger partial charge on any atom is -0.311 e. The highest BCUT2D eigenvalue weighted by atomic mass is 14.9. The van der Waals surface area contributed by atoms with Gasteiger partial charge in [0, 0.05) is 0 Å². The number of hydrogen-bond acceptors (Lipinski definition) is 3. The average Bonchev–Trinajstić information content (AvgIpc) is 2.52. The topological polar surface area (TPSA) is 37.8 Å². The second-order valence-electron chi connectivity index (χ2n) is 5.32. The lowest BCUT2D eigenvalue weighted by molar-refractivity contribution is 0.575. The summed E-state index contributed by atoms with van der Waals surface area (Å²) < 4.78 is 0. The number of aromatic nitrogens is 2. The van der Waals surface area contributed by atoms with Gasteiger partial charge in [-0.1, -0.05) is 42.0 Å². The molecular formula is C18H19N3. The third kappa shape index (κ3) is 3.09. The number of likely N-dealkylation sites (N-methyl/N-ethyl adjacent to an activating group) is 1. The maximum absolute atomic E-state index is 4.74. The van der Waals surface area contributed by atoms with Gasteiger partial charge in [0.15, 0.2) is 0 Å². The van der Waals surface area contributed by atoms with E-state index in [1.54, 1.807) is 0 Å².